The minimum atomic E-state index is -0.301. The molecule has 0 radical (unpaired) electrons. The van der Waals surface area contributed by atoms with Crippen LogP contribution in [0.5, 0.6) is 23.0 Å². The first-order chi connectivity index (χ1) is 9.63. The Balaban J connectivity index is 1.94. The maximum Gasteiger partial charge on any atom is 0.165 e. The molecule has 104 valence electrons. The number of halogens is 1. The first-order valence-electron chi connectivity index (χ1n) is 6.26. The van der Waals surface area contributed by atoms with E-state index in [4.69, 9.17) is 19.9 Å². The number of ether oxygens (including phenoxy) is 3. The Labute approximate surface area is 115 Å². The molecular formula is C15H14FNO3. The molecule has 0 fully saturated rings. The molecule has 20 heavy (non-hydrogen) atoms. The highest BCUT2D eigenvalue weighted by molar-refractivity contribution is 5.63. The number of hydrogen-bond acceptors (Lipinski definition) is 4. The van der Waals surface area contributed by atoms with E-state index in [1.807, 2.05) is 0 Å². The van der Waals surface area contributed by atoms with E-state index in [-0.39, 0.29) is 5.82 Å². The molecule has 1 aliphatic rings. The lowest BCUT2D eigenvalue weighted by Crippen LogP contribution is -2.15. The SMILES string of the molecule is Cc1cc(F)ccc1Oc1cc2c(cc1N)OCCO2. The number of hydrogen-bond donors (Lipinski definition) is 1. The molecule has 2 aromatic rings. The van der Waals surface area contributed by atoms with E-state index in [1.165, 1.54) is 12.1 Å². The number of aryl methyl sites for hydroxylation is 1. The normalized spacial score (nSPS) is 13.1. The van der Waals surface area contributed by atoms with Gasteiger partial charge in [0.05, 0.1) is 5.69 Å². The summed E-state index contributed by atoms with van der Waals surface area (Å²) in [4.78, 5) is 0. The maximum absolute atomic E-state index is 13.1. The van der Waals surface area contributed by atoms with Gasteiger partial charge in [0.25, 0.3) is 0 Å². The van der Waals surface area contributed by atoms with Crippen LogP contribution in [0.15, 0.2) is 30.3 Å². The van der Waals surface area contributed by atoms with Crippen LogP contribution in [0.3, 0.4) is 0 Å². The number of fused-ring (bicyclic) bond motifs is 1. The number of nitrogens with two attached hydrogens (primary N) is 1. The lowest BCUT2D eigenvalue weighted by molar-refractivity contribution is 0.171. The summed E-state index contributed by atoms with van der Waals surface area (Å²) in [6.45, 7) is 2.77. The summed E-state index contributed by atoms with van der Waals surface area (Å²) in [7, 11) is 0. The third-order valence-corrected chi connectivity index (χ3v) is 3.03. The number of nitrogen functional groups attached to an aromatic ring is 1. The molecule has 0 spiro atoms. The highest BCUT2D eigenvalue weighted by Crippen LogP contribution is 2.40. The highest BCUT2D eigenvalue weighted by Gasteiger charge is 2.16. The monoisotopic (exact) mass is 275 g/mol. The largest absolute Gasteiger partial charge is 0.486 e. The summed E-state index contributed by atoms with van der Waals surface area (Å²) in [5.74, 6) is 1.92. The van der Waals surface area contributed by atoms with E-state index < -0.39 is 0 Å². The van der Waals surface area contributed by atoms with Crippen LogP contribution < -0.4 is 19.9 Å². The van der Waals surface area contributed by atoms with E-state index in [9.17, 15) is 4.39 Å². The van der Waals surface area contributed by atoms with Crippen LogP contribution in [-0.2, 0) is 0 Å². The van der Waals surface area contributed by atoms with E-state index in [2.05, 4.69) is 0 Å². The van der Waals surface area contributed by atoms with Crippen LogP contribution in [-0.4, -0.2) is 13.2 Å². The molecule has 0 unspecified atom stereocenters. The van der Waals surface area contributed by atoms with Crippen molar-refractivity contribution >= 4 is 5.69 Å². The standard InChI is InChI=1S/C15H14FNO3/c1-9-6-10(16)2-3-12(9)20-13-8-15-14(7-11(13)17)18-4-5-19-15/h2-3,6-8H,4-5,17H2,1H3. The van der Waals surface area contributed by atoms with Gasteiger partial charge in [-0.05, 0) is 30.7 Å². The molecule has 4 nitrogen and oxygen atoms in total. The first kappa shape index (κ1) is 12.6. The van der Waals surface area contributed by atoms with Gasteiger partial charge in [-0.3, -0.25) is 0 Å². The van der Waals surface area contributed by atoms with Crippen molar-refractivity contribution in [3.63, 3.8) is 0 Å². The third-order valence-electron chi connectivity index (χ3n) is 3.03. The Bertz CT molecular complexity index is 658. The Morgan fingerprint density at radius 2 is 1.75 bits per heavy atom. The van der Waals surface area contributed by atoms with Crippen molar-refractivity contribution in [2.75, 3.05) is 18.9 Å². The average Bonchev–Trinajstić information content (AvgIpc) is 2.42. The quantitative estimate of drug-likeness (QED) is 0.854. The van der Waals surface area contributed by atoms with Crippen LogP contribution in [0.25, 0.3) is 0 Å². The van der Waals surface area contributed by atoms with Crippen molar-refractivity contribution in [1.29, 1.82) is 0 Å². The molecule has 0 saturated carbocycles. The Hall–Kier alpha value is -2.43. The Morgan fingerprint density at radius 3 is 2.45 bits per heavy atom. The zero-order valence-corrected chi connectivity index (χ0v) is 11.0. The Morgan fingerprint density at radius 1 is 1.05 bits per heavy atom. The van der Waals surface area contributed by atoms with Gasteiger partial charge in [0.2, 0.25) is 0 Å². The van der Waals surface area contributed by atoms with Gasteiger partial charge in [-0.15, -0.1) is 0 Å². The summed E-state index contributed by atoms with van der Waals surface area (Å²) in [6, 6.07) is 7.68. The molecule has 0 aromatic heterocycles. The number of benzene rings is 2. The summed E-state index contributed by atoms with van der Waals surface area (Å²) in [5, 5.41) is 0. The van der Waals surface area contributed by atoms with Gasteiger partial charge in [-0.25, -0.2) is 4.39 Å². The van der Waals surface area contributed by atoms with Gasteiger partial charge in [-0.2, -0.15) is 0 Å². The second kappa shape index (κ2) is 4.92. The third kappa shape index (κ3) is 2.34. The van der Waals surface area contributed by atoms with Crippen molar-refractivity contribution < 1.29 is 18.6 Å². The van der Waals surface area contributed by atoms with Crippen LogP contribution >= 0.6 is 0 Å². The summed E-state index contributed by atoms with van der Waals surface area (Å²) in [6.07, 6.45) is 0. The van der Waals surface area contributed by atoms with Crippen molar-refractivity contribution in [1.82, 2.24) is 0 Å². The van der Waals surface area contributed by atoms with E-state index in [1.54, 1.807) is 25.1 Å². The van der Waals surface area contributed by atoms with Crippen LogP contribution in [0.1, 0.15) is 5.56 Å². The zero-order chi connectivity index (χ0) is 14.1. The van der Waals surface area contributed by atoms with Crippen LogP contribution in [0.2, 0.25) is 0 Å². The van der Waals surface area contributed by atoms with Gasteiger partial charge < -0.3 is 19.9 Å². The predicted octanol–water partition coefficient (Wildman–Crippen LogP) is 3.28. The van der Waals surface area contributed by atoms with Gasteiger partial charge in [-0.1, -0.05) is 0 Å². The fourth-order valence-electron chi connectivity index (χ4n) is 2.02. The van der Waals surface area contributed by atoms with Crippen molar-refractivity contribution in [3.05, 3.63) is 41.7 Å². The van der Waals surface area contributed by atoms with E-state index in [0.29, 0.717) is 47.5 Å². The van der Waals surface area contributed by atoms with Crippen molar-refractivity contribution in [3.8, 4) is 23.0 Å². The molecule has 2 aromatic carbocycles. The van der Waals surface area contributed by atoms with Gasteiger partial charge in [0.1, 0.15) is 24.8 Å². The first-order valence-corrected chi connectivity index (χ1v) is 6.26. The molecule has 5 heteroatoms. The fraction of sp³-hybridized carbons (Fsp3) is 0.200. The second-order valence-corrected chi connectivity index (χ2v) is 4.55. The molecule has 0 amide bonds. The number of rotatable bonds is 2. The molecule has 0 atom stereocenters. The minimum Gasteiger partial charge on any atom is -0.486 e. The fourth-order valence-corrected chi connectivity index (χ4v) is 2.02. The molecule has 1 heterocycles. The average molecular weight is 275 g/mol. The molecule has 2 N–H and O–H groups in total. The highest BCUT2D eigenvalue weighted by atomic mass is 19.1. The topological polar surface area (TPSA) is 53.7 Å². The van der Waals surface area contributed by atoms with Crippen LogP contribution in [0.4, 0.5) is 10.1 Å². The maximum atomic E-state index is 13.1. The summed E-state index contributed by atoms with van der Waals surface area (Å²) in [5.41, 5.74) is 7.07. The number of anilines is 1. The summed E-state index contributed by atoms with van der Waals surface area (Å²) >= 11 is 0. The lowest BCUT2D eigenvalue weighted by atomic mass is 10.2. The minimum absolute atomic E-state index is 0.301. The zero-order valence-electron chi connectivity index (χ0n) is 11.0. The van der Waals surface area contributed by atoms with Gasteiger partial charge in [0.15, 0.2) is 17.2 Å². The molecule has 0 aliphatic carbocycles. The molecule has 0 saturated heterocycles. The van der Waals surface area contributed by atoms with Gasteiger partial charge >= 0.3 is 0 Å². The Kier molecular flexibility index (Phi) is 3.10. The van der Waals surface area contributed by atoms with Crippen molar-refractivity contribution in [2.45, 2.75) is 6.92 Å². The van der Waals surface area contributed by atoms with Gasteiger partial charge in [0, 0.05) is 12.1 Å². The molecule has 3 rings (SSSR count). The smallest absolute Gasteiger partial charge is 0.165 e. The lowest BCUT2D eigenvalue weighted by Gasteiger charge is -2.20. The summed E-state index contributed by atoms with van der Waals surface area (Å²) < 4.78 is 29.7. The van der Waals surface area contributed by atoms with E-state index >= 15 is 0 Å². The van der Waals surface area contributed by atoms with Crippen LogP contribution in [0, 0.1) is 12.7 Å². The van der Waals surface area contributed by atoms with E-state index in [0.717, 1.165) is 0 Å². The second-order valence-electron chi connectivity index (χ2n) is 4.55. The molecule has 1 aliphatic heterocycles. The van der Waals surface area contributed by atoms with Crippen molar-refractivity contribution in [2.24, 2.45) is 0 Å². The molecule has 0 bridgehead atoms. The molecular weight excluding hydrogens is 261 g/mol. The predicted molar refractivity (Wildman–Crippen MR) is 73.1 cm³/mol.